The van der Waals surface area contributed by atoms with Crippen LogP contribution in [0.15, 0.2) is 22.8 Å². The first-order chi connectivity index (χ1) is 8.72. The maximum absolute atomic E-state index is 9.92. The molecule has 1 aliphatic carbocycles. The van der Waals surface area contributed by atoms with Crippen molar-refractivity contribution >= 4 is 27.5 Å². The highest BCUT2D eigenvalue weighted by atomic mass is 79.9. The lowest BCUT2D eigenvalue weighted by molar-refractivity contribution is 0.116. The first-order valence-corrected chi connectivity index (χ1v) is 6.98. The van der Waals surface area contributed by atoms with E-state index in [4.69, 9.17) is 0 Å². The molecule has 2 unspecified atom stereocenters. The fraction of sp³-hybridized carbons (Fsp3) is 0.500. The highest BCUT2D eigenvalue weighted by molar-refractivity contribution is 9.10. The molecule has 0 bridgehead atoms. The van der Waals surface area contributed by atoms with Crippen molar-refractivity contribution in [2.24, 2.45) is 0 Å². The topological polar surface area (TPSA) is 62.5 Å². The molecule has 5 nitrogen and oxygen atoms in total. The molecule has 2 heterocycles. The minimum atomic E-state index is -0.294. The van der Waals surface area contributed by atoms with Gasteiger partial charge >= 0.3 is 0 Å². The van der Waals surface area contributed by atoms with Crippen molar-refractivity contribution < 1.29 is 5.11 Å². The zero-order valence-corrected chi connectivity index (χ0v) is 11.5. The van der Waals surface area contributed by atoms with Crippen LogP contribution in [-0.4, -0.2) is 31.9 Å². The fourth-order valence-corrected chi connectivity index (χ4v) is 2.69. The molecule has 3 rings (SSSR count). The molecule has 0 aliphatic heterocycles. The van der Waals surface area contributed by atoms with Crippen LogP contribution in [0.4, 0.5) is 5.95 Å². The quantitative estimate of drug-likeness (QED) is 0.892. The van der Waals surface area contributed by atoms with Crippen molar-refractivity contribution in [3.63, 3.8) is 0 Å². The smallest absolute Gasteiger partial charge is 0.243 e. The van der Waals surface area contributed by atoms with Crippen LogP contribution in [0.3, 0.4) is 0 Å². The van der Waals surface area contributed by atoms with Crippen LogP contribution in [0, 0.1) is 0 Å². The second-order valence-corrected chi connectivity index (χ2v) is 5.60. The minimum absolute atomic E-state index is 0.0691. The number of aromatic nitrogens is 3. The number of nitrogens with zero attached hydrogens (tertiary/aromatic N) is 3. The van der Waals surface area contributed by atoms with E-state index in [1.165, 1.54) is 0 Å². The van der Waals surface area contributed by atoms with Crippen molar-refractivity contribution in [3.05, 3.63) is 22.8 Å². The van der Waals surface area contributed by atoms with Gasteiger partial charge in [-0.05, 0) is 40.9 Å². The maximum atomic E-state index is 9.92. The van der Waals surface area contributed by atoms with E-state index in [1.807, 2.05) is 18.3 Å². The van der Waals surface area contributed by atoms with Gasteiger partial charge < -0.3 is 10.4 Å². The average Bonchev–Trinajstić information content (AvgIpc) is 2.73. The summed E-state index contributed by atoms with van der Waals surface area (Å²) in [7, 11) is 0. The number of rotatable bonds is 2. The summed E-state index contributed by atoms with van der Waals surface area (Å²) in [6.07, 6.45) is 5.65. The van der Waals surface area contributed by atoms with Crippen molar-refractivity contribution in [2.75, 3.05) is 5.32 Å². The fourth-order valence-electron chi connectivity index (χ4n) is 2.36. The highest BCUT2D eigenvalue weighted by Crippen LogP contribution is 2.21. The number of aliphatic hydroxyl groups excluding tert-OH is 1. The van der Waals surface area contributed by atoms with Crippen molar-refractivity contribution in [1.29, 1.82) is 0 Å². The number of anilines is 1. The molecule has 2 N–H and O–H groups in total. The van der Waals surface area contributed by atoms with Gasteiger partial charge in [-0.15, -0.1) is 5.10 Å². The van der Waals surface area contributed by atoms with Gasteiger partial charge in [0.1, 0.15) is 0 Å². The molecular formula is C12H15BrN4O. The summed E-state index contributed by atoms with van der Waals surface area (Å²) in [6, 6.07) is 3.91. The molecule has 2 atom stereocenters. The van der Waals surface area contributed by atoms with Crippen molar-refractivity contribution in [3.8, 4) is 0 Å². The Bertz CT molecular complexity index is 556. The molecule has 2 aromatic heterocycles. The number of pyridine rings is 1. The Morgan fingerprint density at radius 2 is 2.17 bits per heavy atom. The van der Waals surface area contributed by atoms with Gasteiger partial charge in [0.2, 0.25) is 5.95 Å². The van der Waals surface area contributed by atoms with Crippen LogP contribution in [0.25, 0.3) is 5.65 Å². The van der Waals surface area contributed by atoms with Gasteiger partial charge in [0, 0.05) is 10.7 Å². The normalized spacial score (nSPS) is 24.3. The Morgan fingerprint density at radius 1 is 1.33 bits per heavy atom. The third kappa shape index (κ3) is 2.35. The van der Waals surface area contributed by atoms with Gasteiger partial charge in [0.15, 0.2) is 5.65 Å². The molecule has 0 spiro atoms. The van der Waals surface area contributed by atoms with E-state index in [0.29, 0.717) is 5.95 Å². The molecule has 2 aromatic rings. The number of nitrogens with one attached hydrogen (secondary N) is 1. The van der Waals surface area contributed by atoms with E-state index in [0.717, 1.165) is 35.8 Å². The SMILES string of the molecule is OC1CCCCC1Nc1nc2ccc(Br)cn2n1. The number of hydrogen-bond donors (Lipinski definition) is 2. The van der Waals surface area contributed by atoms with E-state index < -0.39 is 0 Å². The number of aliphatic hydroxyl groups is 1. The zero-order valence-electron chi connectivity index (χ0n) is 9.88. The minimum Gasteiger partial charge on any atom is -0.391 e. The Balaban J connectivity index is 1.81. The van der Waals surface area contributed by atoms with E-state index >= 15 is 0 Å². The number of fused-ring (bicyclic) bond motifs is 1. The first-order valence-electron chi connectivity index (χ1n) is 6.19. The number of halogens is 1. The second kappa shape index (κ2) is 4.85. The molecule has 1 aliphatic rings. The van der Waals surface area contributed by atoms with E-state index in [1.54, 1.807) is 4.52 Å². The Morgan fingerprint density at radius 3 is 3.00 bits per heavy atom. The van der Waals surface area contributed by atoms with Gasteiger partial charge in [0.05, 0.1) is 12.1 Å². The lowest BCUT2D eigenvalue weighted by Gasteiger charge is -2.27. The first kappa shape index (κ1) is 11.9. The highest BCUT2D eigenvalue weighted by Gasteiger charge is 2.23. The number of hydrogen-bond acceptors (Lipinski definition) is 4. The van der Waals surface area contributed by atoms with Crippen molar-refractivity contribution in [1.82, 2.24) is 14.6 Å². The van der Waals surface area contributed by atoms with Gasteiger partial charge in [0.25, 0.3) is 0 Å². The monoisotopic (exact) mass is 310 g/mol. The van der Waals surface area contributed by atoms with Crippen LogP contribution in [0.5, 0.6) is 0 Å². The molecule has 96 valence electrons. The van der Waals surface area contributed by atoms with Gasteiger partial charge in [-0.2, -0.15) is 4.98 Å². The van der Waals surface area contributed by atoms with Crippen LogP contribution in [0.1, 0.15) is 25.7 Å². The molecule has 1 saturated carbocycles. The lowest BCUT2D eigenvalue weighted by Crippen LogP contribution is -2.36. The van der Waals surface area contributed by atoms with Crippen LogP contribution in [-0.2, 0) is 0 Å². The Kier molecular flexibility index (Phi) is 3.22. The maximum Gasteiger partial charge on any atom is 0.243 e. The third-order valence-corrected chi connectivity index (χ3v) is 3.81. The summed E-state index contributed by atoms with van der Waals surface area (Å²) in [5.74, 6) is 0.582. The molecule has 0 aromatic carbocycles. The molecule has 18 heavy (non-hydrogen) atoms. The predicted octanol–water partition coefficient (Wildman–Crippen LogP) is 2.21. The predicted molar refractivity (Wildman–Crippen MR) is 72.6 cm³/mol. The summed E-state index contributed by atoms with van der Waals surface area (Å²) in [5.41, 5.74) is 0.797. The van der Waals surface area contributed by atoms with E-state index in [2.05, 4.69) is 31.3 Å². The molecular weight excluding hydrogens is 296 g/mol. The summed E-state index contributed by atoms with van der Waals surface area (Å²) < 4.78 is 2.69. The Labute approximate surface area is 113 Å². The molecule has 6 heteroatoms. The van der Waals surface area contributed by atoms with Crippen LogP contribution in [0.2, 0.25) is 0 Å². The van der Waals surface area contributed by atoms with E-state index in [9.17, 15) is 5.11 Å². The van der Waals surface area contributed by atoms with Crippen LogP contribution >= 0.6 is 15.9 Å². The summed E-state index contributed by atoms with van der Waals surface area (Å²) >= 11 is 3.40. The standard InChI is InChI=1S/C12H15BrN4O/c13-8-5-6-11-15-12(16-17(11)7-8)14-9-3-1-2-4-10(9)18/h5-7,9-10,18H,1-4H2,(H,14,16). The molecule has 0 radical (unpaired) electrons. The van der Waals surface area contributed by atoms with Gasteiger partial charge in [-0.1, -0.05) is 12.8 Å². The molecule has 0 amide bonds. The van der Waals surface area contributed by atoms with Crippen LogP contribution < -0.4 is 5.32 Å². The van der Waals surface area contributed by atoms with Gasteiger partial charge in [-0.25, -0.2) is 4.52 Å². The second-order valence-electron chi connectivity index (χ2n) is 4.69. The summed E-state index contributed by atoms with van der Waals surface area (Å²) in [6.45, 7) is 0. The lowest BCUT2D eigenvalue weighted by atomic mass is 9.93. The van der Waals surface area contributed by atoms with Crippen molar-refractivity contribution in [2.45, 2.75) is 37.8 Å². The third-order valence-electron chi connectivity index (χ3n) is 3.34. The largest absolute Gasteiger partial charge is 0.391 e. The summed E-state index contributed by atoms with van der Waals surface area (Å²) in [4.78, 5) is 4.39. The molecule has 1 fully saturated rings. The summed E-state index contributed by atoms with van der Waals surface area (Å²) in [5, 5.41) is 17.5. The van der Waals surface area contributed by atoms with E-state index in [-0.39, 0.29) is 12.1 Å². The Hall–Kier alpha value is -1.14. The molecule has 0 saturated heterocycles. The zero-order chi connectivity index (χ0) is 12.5. The average molecular weight is 311 g/mol. The van der Waals surface area contributed by atoms with Gasteiger partial charge in [-0.3, -0.25) is 0 Å².